The third-order valence-electron chi connectivity index (χ3n) is 5.31. The van der Waals surface area contributed by atoms with Gasteiger partial charge in [-0.2, -0.15) is 0 Å². The number of aromatic nitrogens is 1. The molecule has 1 aromatic heterocycles. The molecule has 0 N–H and O–H groups in total. The van der Waals surface area contributed by atoms with E-state index >= 15 is 0 Å². The maximum absolute atomic E-state index is 13.1. The Kier molecular flexibility index (Phi) is 6.23. The highest BCUT2D eigenvalue weighted by molar-refractivity contribution is 9.10. The van der Waals surface area contributed by atoms with Crippen molar-refractivity contribution in [3.05, 3.63) is 47.1 Å². The summed E-state index contributed by atoms with van der Waals surface area (Å²) in [6.07, 6.45) is 2.86. The average Bonchev–Trinajstić information content (AvgIpc) is 2.87. The number of fused-ring (bicyclic) bond motifs is 1. The lowest BCUT2D eigenvalue weighted by atomic mass is 10.2. The number of pyridine rings is 1. The number of nitrogens with zero attached hydrogens (tertiary/aromatic N) is 4. The van der Waals surface area contributed by atoms with E-state index in [0.717, 1.165) is 55.1 Å². The largest absolute Gasteiger partial charge is 0.354 e. The molecule has 2 aliphatic heterocycles. The molecule has 0 spiro atoms. The Labute approximate surface area is 179 Å². The van der Waals surface area contributed by atoms with E-state index in [9.17, 15) is 4.79 Å². The number of piperazine rings is 1. The second kappa shape index (κ2) is 8.84. The molecular weight excluding hydrogens is 436 g/mol. The Balaban J connectivity index is 1.37. The van der Waals surface area contributed by atoms with E-state index in [1.807, 2.05) is 41.1 Å². The van der Waals surface area contributed by atoms with Gasteiger partial charge in [0.25, 0.3) is 0 Å². The van der Waals surface area contributed by atoms with Crippen LogP contribution >= 0.6 is 27.7 Å². The predicted octanol–water partition coefficient (Wildman–Crippen LogP) is 3.88. The number of hydrogen-bond acceptors (Lipinski definition) is 5. The van der Waals surface area contributed by atoms with Crippen molar-refractivity contribution in [1.29, 1.82) is 0 Å². The molecule has 0 bridgehead atoms. The van der Waals surface area contributed by atoms with E-state index in [1.165, 1.54) is 4.90 Å². The van der Waals surface area contributed by atoms with Crippen LogP contribution in [0.5, 0.6) is 0 Å². The van der Waals surface area contributed by atoms with Gasteiger partial charge in [-0.15, -0.1) is 11.8 Å². The van der Waals surface area contributed by atoms with Crippen molar-refractivity contribution in [3.63, 3.8) is 0 Å². The summed E-state index contributed by atoms with van der Waals surface area (Å²) in [4.78, 5) is 25.4. The van der Waals surface area contributed by atoms with Crippen LogP contribution in [-0.4, -0.2) is 60.3 Å². The summed E-state index contributed by atoms with van der Waals surface area (Å²) >= 11 is 5.31. The zero-order chi connectivity index (χ0) is 19.5. The van der Waals surface area contributed by atoms with Crippen LogP contribution in [0.4, 0.5) is 11.5 Å². The number of thioether (sulfide) groups is 1. The second-order valence-electron chi connectivity index (χ2n) is 7.33. The molecule has 2 aliphatic rings. The van der Waals surface area contributed by atoms with E-state index < -0.39 is 0 Å². The predicted molar refractivity (Wildman–Crippen MR) is 119 cm³/mol. The summed E-state index contributed by atoms with van der Waals surface area (Å²) in [5.41, 5.74) is 1.07. The molecule has 2 aromatic rings. The highest BCUT2D eigenvalue weighted by Crippen LogP contribution is 2.37. The highest BCUT2D eigenvalue weighted by Gasteiger charge is 2.27. The number of halogens is 1. The number of hydrogen-bond donors (Lipinski definition) is 0. The maximum atomic E-state index is 13.1. The number of rotatable bonds is 3. The molecule has 148 valence electrons. The maximum Gasteiger partial charge on any atom is 0.241 e. The van der Waals surface area contributed by atoms with Gasteiger partial charge < -0.3 is 9.80 Å². The Morgan fingerprint density at radius 2 is 1.93 bits per heavy atom. The normalized spacial score (nSPS) is 20.6. The quantitative estimate of drug-likeness (QED) is 0.694. The molecule has 28 heavy (non-hydrogen) atoms. The van der Waals surface area contributed by atoms with Gasteiger partial charge in [-0.05, 0) is 46.6 Å². The zero-order valence-electron chi connectivity index (χ0n) is 16.1. The van der Waals surface area contributed by atoms with Gasteiger partial charge in [0.2, 0.25) is 5.91 Å². The van der Waals surface area contributed by atoms with Gasteiger partial charge in [-0.1, -0.05) is 19.1 Å². The molecule has 0 aliphatic carbocycles. The third kappa shape index (κ3) is 4.53. The Bertz CT molecular complexity index is 823. The lowest BCUT2D eigenvalue weighted by Gasteiger charge is -2.36. The smallest absolute Gasteiger partial charge is 0.241 e. The van der Waals surface area contributed by atoms with Gasteiger partial charge in [-0.3, -0.25) is 9.69 Å². The summed E-state index contributed by atoms with van der Waals surface area (Å²) in [6.45, 7) is 7.07. The van der Waals surface area contributed by atoms with Crippen LogP contribution in [0.15, 0.2) is 52.0 Å². The first-order valence-electron chi connectivity index (χ1n) is 9.75. The fourth-order valence-electron chi connectivity index (χ4n) is 3.71. The van der Waals surface area contributed by atoms with Crippen molar-refractivity contribution in [1.82, 2.24) is 9.88 Å². The minimum Gasteiger partial charge on any atom is -0.354 e. The summed E-state index contributed by atoms with van der Waals surface area (Å²) in [7, 11) is 0. The minimum atomic E-state index is 0.206. The summed E-state index contributed by atoms with van der Waals surface area (Å²) in [6, 6.07) is 12.4. The molecule has 0 radical (unpaired) electrons. The van der Waals surface area contributed by atoms with Gasteiger partial charge in [0.15, 0.2) is 0 Å². The first-order chi connectivity index (χ1) is 13.6. The van der Waals surface area contributed by atoms with E-state index in [1.54, 1.807) is 0 Å². The molecule has 1 unspecified atom stereocenters. The SMILES string of the molecule is CC1CCN(C(=O)CN2CCN(c3ccc(Br)cn3)CC2)c2ccccc2S1. The highest BCUT2D eigenvalue weighted by atomic mass is 79.9. The van der Waals surface area contributed by atoms with Crippen LogP contribution in [0.3, 0.4) is 0 Å². The van der Waals surface area contributed by atoms with E-state index in [0.29, 0.717) is 11.8 Å². The van der Waals surface area contributed by atoms with Crippen LogP contribution in [0.2, 0.25) is 0 Å². The Morgan fingerprint density at radius 3 is 2.68 bits per heavy atom. The molecule has 3 heterocycles. The second-order valence-corrected chi connectivity index (χ2v) is 9.72. The molecule has 1 saturated heterocycles. The number of benzene rings is 1. The summed E-state index contributed by atoms with van der Waals surface area (Å²) in [5.74, 6) is 1.21. The van der Waals surface area contributed by atoms with Crippen molar-refractivity contribution in [2.45, 2.75) is 23.5 Å². The third-order valence-corrected chi connectivity index (χ3v) is 7.02. The van der Waals surface area contributed by atoms with E-state index in [-0.39, 0.29) is 5.91 Å². The molecule has 1 atom stereocenters. The van der Waals surface area contributed by atoms with Crippen LogP contribution in [0.1, 0.15) is 13.3 Å². The standard InChI is InChI=1S/C21H25BrN4OS/c1-16-8-9-26(18-4-2-3-5-19(18)28-16)21(27)15-24-10-12-25(13-11-24)20-7-6-17(22)14-23-20/h2-7,14,16H,8-13,15H2,1H3. The van der Waals surface area contributed by atoms with Gasteiger partial charge in [0.1, 0.15) is 5.82 Å². The molecule has 1 fully saturated rings. The molecular formula is C21H25BrN4OS. The first-order valence-corrected chi connectivity index (χ1v) is 11.4. The first kappa shape index (κ1) is 19.7. The molecule has 7 heteroatoms. The van der Waals surface area contributed by atoms with Gasteiger partial charge in [0.05, 0.1) is 12.2 Å². The minimum absolute atomic E-state index is 0.206. The number of anilines is 2. The lowest BCUT2D eigenvalue weighted by molar-refractivity contribution is -0.119. The fraction of sp³-hybridized carbons (Fsp3) is 0.429. The monoisotopic (exact) mass is 460 g/mol. The number of para-hydroxylation sites is 1. The van der Waals surface area contributed by atoms with Gasteiger partial charge in [-0.25, -0.2) is 4.98 Å². The van der Waals surface area contributed by atoms with Crippen LogP contribution < -0.4 is 9.80 Å². The van der Waals surface area contributed by atoms with E-state index in [4.69, 9.17) is 0 Å². The number of carbonyl (C=O) groups is 1. The van der Waals surface area contributed by atoms with Crippen molar-refractivity contribution in [3.8, 4) is 0 Å². The zero-order valence-corrected chi connectivity index (χ0v) is 18.5. The Hall–Kier alpha value is -1.57. The van der Waals surface area contributed by atoms with Gasteiger partial charge >= 0.3 is 0 Å². The number of amides is 1. The molecule has 0 saturated carbocycles. The fourth-order valence-corrected chi connectivity index (χ4v) is 5.06. The van der Waals surface area contributed by atoms with Crippen molar-refractivity contribution >= 4 is 45.1 Å². The summed E-state index contributed by atoms with van der Waals surface area (Å²) < 4.78 is 0.991. The van der Waals surface area contributed by atoms with Gasteiger partial charge in [0, 0.05) is 53.5 Å². The van der Waals surface area contributed by atoms with Crippen LogP contribution in [0, 0.1) is 0 Å². The van der Waals surface area contributed by atoms with E-state index in [2.05, 4.69) is 55.8 Å². The molecule has 5 nitrogen and oxygen atoms in total. The summed E-state index contributed by atoms with van der Waals surface area (Å²) in [5, 5.41) is 0.529. The Morgan fingerprint density at radius 1 is 1.14 bits per heavy atom. The van der Waals surface area contributed by atoms with Crippen LogP contribution in [-0.2, 0) is 4.79 Å². The lowest BCUT2D eigenvalue weighted by Crippen LogP contribution is -2.50. The van der Waals surface area contributed by atoms with Crippen molar-refractivity contribution < 1.29 is 4.79 Å². The molecule has 1 amide bonds. The average molecular weight is 461 g/mol. The van der Waals surface area contributed by atoms with Crippen molar-refractivity contribution in [2.75, 3.05) is 49.1 Å². The molecule has 4 rings (SSSR count). The number of carbonyl (C=O) groups excluding carboxylic acids is 1. The topological polar surface area (TPSA) is 39.7 Å². The van der Waals surface area contributed by atoms with Crippen molar-refractivity contribution in [2.24, 2.45) is 0 Å². The van der Waals surface area contributed by atoms with Crippen LogP contribution in [0.25, 0.3) is 0 Å². The molecule has 1 aromatic carbocycles.